The van der Waals surface area contributed by atoms with E-state index in [0.717, 1.165) is 12.8 Å². The van der Waals surface area contributed by atoms with E-state index >= 15 is 0 Å². The second-order valence-electron chi connectivity index (χ2n) is 2.71. The molecule has 1 nitrogen and oxygen atoms in total. The number of pyridine rings is 1. The zero-order chi connectivity index (χ0) is 12.1. The van der Waals surface area contributed by atoms with E-state index in [0.29, 0.717) is 0 Å². The number of hydrogen-bond donors (Lipinski definition) is 0. The summed E-state index contributed by atoms with van der Waals surface area (Å²) in [6.07, 6.45) is 5.28. The Bertz CT molecular complexity index is 218. The van der Waals surface area contributed by atoms with Gasteiger partial charge in [-0.2, -0.15) is 0 Å². The molecule has 88 valence electrons. The Hall–Kier alpha value is -0.850. The summed E-state index contributed by atoms with van der Waals surface area (Å²) in [6.45, 7) is 12.4. The lowest BCUT2D eigenvalue weighted by Gasteiger charge is -2.03. The van der Waals surface area contributed by atoms with Gasteiger partial charge in [0.15, 0.2) is 0 Å². The lowest BCUT2D eigenvalue weighted by molar-refractivity contribution is 0.857. The highest BCUT2D eigenvalue weighted by molar-refractivity contribution is 5.19. The van der Waals surface area contributed by atoms with Crippen molar-refractivity contribution in [1.82, 2.24) is 4.98 Å². The van der Waals surface area contributed by atoms with E-state index in [1.807, 2.05) is 40.0 Å². The molecule has 15 heavy (non-hydrogen) atoms. The quantitative estimate of drug-likeness (QED) is 0.706. The second kappa shape index (κ2) is 13.2. The molecule has 1 rings (SSSR count). The van der Waals surface area contributed by atoms with Gasteiger partial charge in [0.05, 0.1) is 0 Å². The molecule has 0 N–H and O–H groups in total. The minimum Gasteiger partial charge on any atom is -0.261 e. The van der Waals surface area contributed by atoms with Gasteiger partial charge in [0.1, 0.15) is 0 Å². The maximum absolute atomic E-state index is 4.34. The zero-order valence-electron chi connectivity index (χ0n) is 11.3. The van der Waals surface area contributed by atoms with Crippen LogP contribution >= 0.6 is 0 Å². The van der Waals surface area contributed by atoms with Gasteiger partial charge in [0, 0.05) is 11.9 Å². The molecule has 1 aromatic rings. The summed E-state index contributed by atoms with van der Waals surface area (Å²) in [5, 5.41) is 0. The molecule has 0 aliphatic rings. The predicted molar refractivity (Wildman–Crippen MR) is 70.3 cm³/mol. The third-order valence-electron chi connectivity index (χ3n) is 1.85. The molecule has 0 saturated heterocycles. The number of hydrogen-bond acceptors (Lipinski definition) is 1. The Morgan fingerprint density at radius 3 is 2.13 bits per heavy atom. The van der Waals surface area contributed by atoms with Crippen LogP contribution in [0.1, 0.15) is 59.2 Å². The summed E-state index contributed by atoms with van der Waals surface area (Å²) in [5.41, 5.74) is 2.67. The first-order valence-electron chi connectivity index (χ1n) is 6.31. The third-order valence-corrected chi connectivity index (χ3v) is 1.85. The molecule has 1 aromatic heterocycles. The van der Waals surface area contributed by atoms with Crippen molar-refractivity contribution in [3.8, 4) is 0 Å². The maximum Gasteiger partial charge on any atom is 0.0435 e. The fraction of sp³-hybridized carbons (Fsp3) is 0.643. The highest BCUT2D eigenvalue weighted by atomic mass is 14.7. The van der Waals surface area contributed by atoms with Crippen molar-refractivity contribution in [2.45, 2.75) is 60.8 Å². The van der Waals surface area contributed by atoms with Crippen LogP contribution in [0.15, 0.2) is 18.3 Å². The van der Waals surface area contributed by atoms with Crippen molar-refractivity contribution >= 4 is 0 Å². The Labute approximate surface area is 95.9 Å². The molecule has 1 heterocycles. The summed E-state index contributed by atoms with van der Waals surface area (Å²) >= 11 is 0. The van der Waals surface area contributed by atoms with Gasteiger partial charge >= 0.3 is 0 Å². The topological polar surface area (TPSA) is 12.9 Å². The van der Waals surface area contributed by atoms with Gasteiger partial charge in [-0.1, -0.05) is 54.0 Å². The second-order valence-corrected chi connectivity index (χ2v) is 2.71. The Balaban J connectivity index is 0. The SMILES string of the molecule is CC.CC.CCCc1ncccc1CC. The molecule has 0 aliphatic heterocycles. The zero-order valence-corrected chi connectivity index (χ0v) is 11.3. The number of nitrogens with zero attached hydrogens (tertiary/aromatic N) is 1. The molecule has 0 fully saturated rings. The summed E-state index contributed by atoms with van der Waals surface area (Å²) in [6, 6.07) is 4.18. The Morgan fingerprint density at radius 1 is 1.07 bits per heavy atom. The summed E-state index contributed by atoms with van der Waals surface area (Å²) < 4.78 is 0. The first-order valence-corrected chi connectivity index (χ1v) is 6.31. The van der Waals surface area contributed by atoms with Gasteiger partial charge < -0.3 is 0 Å². The van der Waals surface area contributed by atoms with Crippen LogP contribution in [0.3, 0.4) is 0 Å². The van der Waals surface area contributed by atoms with Gasteiger partial charge in [0.25, 0.3) is 0 Å². The van der Waals surface area contributed by atoms with Crippen molar-refractivity contribution in [2.75, 3.05) is 0 Å². The normalized spacial score (nSPS) is 8.13. The molecular weight excluding hydrogens is 182 g/mol. The van der Waals surface area contributed by atoms with Crippen LogP contribution in [0.5, 0.6) is 0 Å². The van der Waals surface area contributed by atoms with Crippen LogP contribution in [-0.4, -0.2) is 4.98 Å². The van der Waals surface area contributed by atoms with E-state index in [2.05, 4.69) is 24.9 Å². The Morgan fingerprint density at radius 2 is 1.67 bits per heavy atom. The van der Waals surface area contributed by atoms with Crippen LogP contribution in [0, 0.1) is 0 Å². The molecule has 0 aliphatic carbocycles. The van der Waals surface area contributed by atoms with Gasteiger partial charge in [-0.25, -0.2) is 0 Å². The van der Waals surface area contributed by atoms with E-state index in [1.54, 1.807) is 0 Å². The third kappa shape index (κ3) is 7.12. The number of aryl methyl sites for hydroxylation is 2. The lowest BCUT2D eigenvalue weighted by atomic mass is 10.1. The molecular formula is C14H27N. The van der Waals surface area contributed by atoms with E-state index in [4.69, 9.17) is 0 Å². The van der Waals surface area contributed by atoms with Crippen LogP contribution in [0.25, 0.3) is 0 Å². The van der Waals surface area contributed by atoms with E-state index in [-0.39, 0.29) is 0 Å². The molecule has 0 unspecified atom stereocenters. The van der Waals surface area contributed by atoms with Crippen LogP contribution in [0.2, 0.25) is 0 Å². The average molecular weight is 209 g/mol. The number of aromatic nitrogens is 1. The van der Waals surface area contributed by atoms with Crippen molar-refractivity contribution in [2.24, 2.45) is 0 Å². The summed E-state index contributed by atoms with van der Waals surface area (Å²) in [7, 11) is 0. The van der Waals surface area contributed by atoms with Gasteiger partial charge in [-0.15, -0.1) is 0 Å². The van der Waals surface area contributed by atoms with Crippen molar-refractivity contribution in [3.63, 3.8) is 0 Å². The minimum absolute atomic E-state index is 1.10. The Kier molecular flexibility index (Phi) is 14.5. The van der Waals surface area contributed by atoms with E-state index in [1.165, 1.54) is 17.7 Å². The molecule has 0 atom stereocenters. The predicted octanol–water partition coefficient (Wildman–Crippen LogP) is 4.65. The molecule has 0 amide bonds. The first kappa shape index (κ1) is 16.6. The molecule has 0 saturated carbocycles. The summed E-state index contributed by atoms with van der Waals surface area (Å²) in [4.78, 5) is 4.34. The van der Waals surface area contributed by atoms with Gasteiger partial charge in [-0.3, -0.25) is 4.98 Å². The standard InChI is InChI=1S/C10H15N.2C2H6/c1-3-6-10-9(4-2)7-5-8-11-10;2*1-2/h5,7-8H,3-4,6H2,1-2H3;2*1-2H3. The van der Waals surface area contributed by atoms with E-state index < -0.39 is 0 Å². The van der Waals surface area contributed by atoms with E-state index in [9.17, 15) is 0 Å². The largest absolute Gasteiger partial charge is 0.261 e. The maximum atomic E-state index is 4.34. The van der Waals surface area contributed by atoms with Gasteiger partial charge in [0.2, 0.25) is 0 Å². The van der Waals surface area contributed by atoms with Crippen molar-refractivity contribution < 1.29 is 0 Å². The highest BCUT2D eigenvalue weighted by Gasteiger charge is 1.97. The van der Waals surface area contributed by atoms with Crippen molar-refractivity contribution in [3.05, 3.63) is 29.6 Å². The first-order chi connectivity index (χ1) is 7.38. The highest BCUT2D eigenvalue weighted by Crippen LogP contribution is 2.07. The van der Waals surface area contributed by atoms with Crippen molar-refractivity contribution in [1.29, 1.82) is 0 Å². The fourth-order valence-electron chi connectivity index (χ4n) is 1.26. The van der Waals surface area contributed by atoms with Crippen LogP contribution in [-0.2, 0) is 12.8 Å². The molecule has 0 bridgehead atoms. The van der Waals surface area contributed by atoms with Crippen LogP contribution in [0.4, 0.5) is 0 Å². The van der Waals surface area contributed by atoms with Crippen LogP contribution < -0.4 is 0 Å². The smallest absolute Gasteiger partial charge is 0.0435 e. The fourth-order valence-corrected chi connectivity index (χ4v) is 1.26. The lowest BCUT2D eigenvalue weighted by Crippen LogP contribution is -1.94. The molecule has 1 heteroatoms. The van der Waals surface area contributed by atoms with Gasteiger partial charge in [-0.05, 0) is 24.5 Å². The average Bonchev–Trinajstić information content (AvgIpc) is 2.35. The minimum atomic E-state index is 1.10. The number of rotatable bonds is 3. The molecule has 0 spiro atoms. The monoisotopic (exact) mass is 209 g/mol. The summed E-state index contributed by atoms with van der Waals surface area (Å²) in [5.74, 6) is 0. The molecule has 0 radical (unpaired) electrons. The molecule has 0 aromatic carbocycles.